The molecule has 0 aliphatic carbocycles. The molecule has 0 bridgehead atoms. The van der Waals surface area contributed by atoms with Gasteiger partial charge in [-0.1, -0.05) is 30.3 Å². The maximum absolute atomic E-state index is 11.9. The molecule has 0 aromatic heterocycles. The van der Waals surface area contributed by atoms with E-state index in [0.717, 1.165) is 17.1 Å². The Labute approximate surface area is 130 Å². The Balaban J connectivity index is 1.80. The number of ether oxygens (including phenoxy) is 1. The molecule has 0 saturated carbocycles. The minimum atomic E-state index is -0.219. The number of benzene rings is 2. The Morgan fingerprint density at radius 1 is 1.14 bits per heavy atom. The molecular weight excluding hydrogens is 276 g/mol. The molecule has 1 aliphatic rings. The second kappa shape index (κ2) is 5.93. The average molecular weight is 294 g/mol. The summed E-state index contributed by atoms with van der Waals surface area (Å²) in [7, 11) is 1.97. The Morgan fingerprint density at radius 3 is 2.50 bits per heavy atom. The number of carbonyl (C=O) groups is 1. The first-order chi connectivity index (χ1) is 10.7. The van der Waals surface area contributed by atoms with Crippen LogP contribution >= 0.6 is 0 Å². The van der Waals surface area contributed by atoms with Crippen LogP contribution in [-0.4, -0.2) is 19.2 Å². The van der Waals surface area contributed by atoms with Crippen LogP contribution in [0.1, 0.15) is 6.92 Å². The summed E-state index contributed by atoms with van der Waals surface area (Å²) in [5.41, 5.74) is 1.88. The number of fused-ring (bicyclic) bond motifs is 1. The number of nitrogens with zero attached hydrogens (tertiary/aromatic N) is 2. The molecule has 2 aromatic carbocycles. The van der Waals surface area contributed by atoms with E-state index < -0.39 is 0 Å². The highest BCUT2D eigenvalue weighted by atomic mass is 16.5. The average Bonchev–Trinajstić information content (AvgIpc) is 2.85. The van der Waals surface area contributed by atoms with Crippen LogP contribution in [0.3, 0.4) is 0 Å². The van der Waals surface area contributed by atoms with Crippen LogP contribution in [0.25, 0.3) is 0 Å². The summed E-state index contributed by atoms with van der Waals surface area (Å²) in [4.78, 5) is 15.5. The highest BCUT2D eigenvalue weighted by molar-refractivity contribution is 5.93. The molecule has 2 aromatic rings. The number of para-hydroxylation sites is 3. The second-order valence-corrected chi connectivity index (χ2v) is 5.15. The van der Waals surface area contributed by atoms with Gasteiger partial charge in [0.15, 0.2) is 6.23 Å². The lowest BCUT2D eigenvalue weighted by Gasteiger charge is -2.20. The van der Waals surface area contributed by atoms with Gasteiger partial charge in [0.1, 0.15) is 5.75 Å². The molecule has 0 spiro atoms. The number of anilines is 2. The van der Waals surface area contributed by atoms with E-state index in [1.165, 1.54) is 0 Å². The molecule has 0 saturated heterocycles. The van der Waals surface area contributed by atoms with Gasteiger partial charge in [0.05, 0.1) is 5.69 Å². The molecule has 0 fully saturated rings. The summed E-state index contributed by atoms with van der Waals surface area (Å²) in [6.45, 7) is 1.55. The number of rotatable bonds is 3. The van der Waals surface area contributed by atoms with Gasteiger partial charge in [-0.25, -0.2) is 0 Å². The molecule has 1 heterocycles. The summed E-state index contributed by atoms with van der Waals surface area (Å²) >= 11 is 0. The molecule has 1 unspecified atom stereocenters. The standard InChI is InChI=1S/C18H18N2O2/c1-14(21)20(15-8-4-3-5-9-15)13-12-18-19(2)16-10-6-7-11-17(16)22-18/h3-13,18H,1-2H3. The summed E-state index contributed by atoms with van der Waals surface area (Å²) in [5, 5.41) is 0. The number of hydrogen-bond donors (Lipinski definition) is 0. The smallest absolute Gasteiger partial charge is 0.227 e. The minimum Gasteiger partial charge on any atom is -0.465 e. The third-order valence-corrected chi connectivity index (χ3v) is 3.65. The highest BCUT2D eigenvalue weighted by Crippen LogP contribution is 2.35. The van der Waals surface area contributed by atoms with Crippen molar-refractivity contribution in [2.45, 2.75) is 13.2 Å². The number of amides is 1. The van der Waals surface area contributed by atoms with E-state index >= 15 is 0 Å². The van der Waals surface area contributed by atoms with E-state index in [9.17, 15) is 4.79 Å². The van der Waals surface area contributed by atoms with Crippen LogP contribution in [0.15, 0.2) is 66.9 Å². The van der Waals surface area contributed by atoms with E-state index in [1.54, 1.807) is 18.0 Å². The molecule has 0 N–H and O–H groups in total. The van der Waals surface area contributed by atoms with Crippen LogP contribution in [-0.2, 0) is 4.79 Å². The SMILES string of the molecule is CC(=O)N(C=CC1Oc2ccccc2N1C)c1ccccc1. The van der Waals surface area contributed by atoms with Crippen molar-refractivity contribution in [3.63, 3.8) is 0 Å². The molecule has 4 heteroatoms. The van der Waals surface area contributed by atoms with Gasteiger partial charge in [0.2, 0.25) is 5.91 Å². The summed E-state index contributed by atoms with van der Waals surface area (Å²) < 4.78 is 5.89. The predicted molar refractivity (Wildman–Crippen MR) is 88.0 cm³/mol. The van der Waals surface area contributed by atoms with E-state index in [4.69, 9.17) is 4.74 Å². The van der Waals surface area contributed by atoms with E-state index in [2.05, 4.69) is 0 Å². The number of likely N-dealkylation sites (N-methyl/N-ethyl adjacent to an activating group) is 1. The van der Waals surface area contributed by atoms with Gasteiger partial charge in [0, 0.05) is 25.9 Å². The molecule has 1 aliphatic heterocycles. The van der Waals surface area contributed by atoms with Crippen molar-refractivity contribution in [1.82, 2.24) is 0 Å². The zero-order chi connectivity index (χ0) is 15.5. The van der Waals surface area contributed by atoms with Gasteiger partial charge >= 0.3 is 0 Å². The van der Waals surface area contributed by atoms with Gasteiger partial charge in [-0.3, -0.25) is 9.69 Å². The fourth-order valence-corrected chi connectivity index (χ4v) is 2.48. The van der Waals surface area contributed by atoms with Crippen molar-refractivity contribution in [2.75, 3.05) is 16.8 Å². The van der Waals surface area contributed by atoms with Gasteiger partial charge in [0.25, 0.3) is 0 Å². The lowest BCUT2D eigenvalue weighted by atomic mass is 10.3. The van der Waals surface area contributed by atoms with Gasteiger partial charge in [-0.05, 0) is 30.3 Å². The third kappa shape index (κ3) is 2.68. The van der Waals surface area contributed by atoms with Crippen LogP contribution in [0, 0.1) is 0 Å². The van der Waals surface area contributed by atoms with E-state index in [1.807, 2.05) is 72.6 Å². The van der Waals surface area contributed by atoms with Gasteiger partial charge in [-0.15, -0.1) is 0 Å². The van der Waals surface area contributed by atoms with Crippen LogP contribution in [0.5, 0.6) is 5.75 Å². The van der Waals surface area contributed by atoms with Crippen molar-refractivity contribution in [3.8, 4) is 5.75 Å². The lowest BCUT2D eigenvalue weighted by Crippen LogP contribution is -2.30. The fraction of sp³-hybridized carbons (Fsp3) is 0.167. The normalized spacial score (nSPS) is 16.5. The highest BCUT2D eigenvalue weighted by Gasteiger charge is 2.25. The molecule has 4 nitrogen and oxygen atoms in total. The number of carbonyl (C=O) groups excluding carboxylic acids is 1. The largest absolute Gasteiger partial charge is 0.465 e. The Kier molecular flexibility index (Phi) is 3.83. The van der Waals surface area contributed by atoms with E-state index in [0.29, 0.717) is 0 Å². The summed E-state index contributed by atoms with van der Waals surface area (Å²) in [6.07, 6.45) is 3.43. The Morgan fingerprint density at radius 2 is 1.82 bits per heavy atom. The van der Waals surface area contributed by atoms with Gasteiger partial charge in [-0.2, -0.15) is 0 Å². The van der Waals surface area contributed by atoms with Crippen molar-refractivity contribution in [1.29, 1.82) is 0 Å². The fourth-order valence-electron chi connectivity index (χ4n) is 2.48. The molecule has 3 rings (SSSR count). The predicted octanol–water partition coefficient (Wildman–Crippen LogP) is 3.41. The van der Waals surface area contributed by atoms with Crippen molar-refractivity contribution < 1.29 is 9.53 Å². The second-order valence-electron chi connectivity index (χ2n) is 5.15. The molecular formula is C18H18N2O2. The van der Waals surface area contributed by atoms with Crippen LogP contribution < -0.4 is 14.5 Å². The molecule has 1 atom stereocenters. The summed E-state index contributed by atoms with van der Waals surface area (Å²) in [5.74, 6) is 0.814. The monoisotopic (exact) mass is 294 g/mol. The molecule has 112 valence electrons. The number of hydrogen-bond acceptors (Lipinski definition) is 3. The zero-order valence-electron chi connectivity index (χ0n) is 12.6. The summed E-state index contributed by atoms with van der Waals surface area (Å²) in [6, 6.07) is 17.4. The van der Waals surface area contributed by atoms with Gasteiger partial charge < -0.3 is 9.64 Å². The first-order valence-electron chi connectivity index (χ1n) is 7.18. The maximum atomic E-state index is 11.9. The topological polar surface area (TPSA) is 32.8 Å². The Bertz CT molecular complexity index is 697. The lowest BCUT2D eigenvalue weighted by molar-refractivity contribution is -0.116. The van der Waals surface area contributed by atoms with Crippen LogP contribution in [0.2, 0.25) is 0 Å². The molecule has 0 radical (unpaired) electrons. The van der Waals surface area contributed by atoms with Crippen molar-refractivity contribution in [2.24, 2.45) is 0 Å². The molecule has 1 amide bonds. The van der Waals surface area contributed by atoms with Crippen LogP contribution in [0.4, 0.5) is 11.4 Å². The zero-order valence-corrected chi connectivity index (χ0v) is 12.6. The first kappa shape index (κ1) is 14.2. The Hall–Kier alpha value is -2.75. The van der Waals surface area contributed by atoms with E-state index in [-0.39, 0.29) is 12.1 Å². The third-order valence-electron chi connectivity index (χ3n) is 3.65. The molecule has 22 heavy (non-hydrogen) atoms. The minimum absolute atomic E-state index is 0.0411. The quantitative estimate of drug-likeness (QED) is 0.869. The van der Waals surface area contributed by atoms with Crippen molar-refractivity contribution in [3.05, 3.63) is 66.9 Å². The first-order valence-corrected chi connectivity index (χ1v) is 7.18. The van der Waals surface area contributed by atoms with Crippen molar-refractivity contribution >= 4 is 17.3 Å². The maximum Gasteiger partial charge on any atom is 0.227 e.